The SMILES string of the molecule is CS(=O)(=O)c1ccc(CSc2c(Cl)ccc3c2CCNCC3)cc1. The molecule has 1 heterocycles. The molecule has 128 valence electrons. The summed E-state index contributed by atoms with van der Waals surface area (Å²) >= 11 is 8.17. The summed E-state index contributed by atoms with van der Waals surface area (Å²) in [5, 5.41) is 4.23. The second-order valence-electron chi connectivity index (χ2n) is 5.97. The topological polar surface area (TPSA) is 46.2 Å². The lowest BCUT2D eigenvalue weighted by Crippen LogP contribution is -2.16. The third-order valence-electron chi connectivity index (χ3n) is 4.17. The van der Waals surface area contributed by atoms with Gasteiger partial charge in [0.05, 0.1) is 9.92 Å². The van der Waals surface area contributed by atoms with Crippen LogP contribution in [0.1, 0.15) is 16.7 Å². The Labute approximate surface area is 152 Å². The van der Waals surface area contributed by atoms with Gasteiger partial charge in [0.25, 0.3) is 0 Å². The summed E-state index contributed by atoms with van der Waals surface area (Å²) in [6, 6.07) is 11.2. The number of rotatable bonds is 4. The molecule has 3 nitrogen and oxygen atoms in total. The molecule has 0 saturated heterocycles. The van der Waals surface area contributed by atoms with Crippen LogP contribution < -0.4 is 5.32 Å². The molecule has 0 unspecified atom stereocenters. The Balaban J connectivity index is 1.79. The largest absolute Gasteiger partial charge is 0.316 e. The first-order valence-corrected chi connectivity index (χ1v) is 11.1. The van der Waals surface area contributed by atoms with Crippen LogP contribution in [0.25, 0.3) is 0 Å². The van der Waals surface area contributed by atoms with Gasteiger partial charge in [0, 0.05) is 16.9 Å². The number of benzene rings is 2. The van der Waals surface area contributed by atoms with Crippen LogP contribution in [-0.4, -0.2) is 27.8 Å². The highest BCUT2D eigenvalue weighted by molar-refractivity contribution is 7.98. The second-order valence-corrected chi connectivity index (χ2v) is 9.38. The van der Waals surface area contributed by atoms with Gasteiger partial charge in [-0.25, -0.2) is 8.42 Å². The summed E-state index contributed by atoms with van der Waals surface area (Å²) < 4.78 is 23.1. The minimum absolute atomic E-state index is 0.355. The summed E-state index contributed by atoms with van der Waals surface area (Å²) in [5.41, 5.74) is 3.82. The molecule has 0 aromatic heterocycles. The maximum Gasteiger partial charge on any atom is 0.175 e. The smallest absolute Gasteiger partial charge is 0.175 e. The van der Waals surface area contributed by atoms with E-state index in [4.69, 9.17) is 11.6 Å². The van der Waals surface area contributed by atoms with Gasteiger partial charge in [-0.1, -0.05) is 29.8 Å². The van der Waals surface area contributed by atoms with Gasteiger partial charge < -0.3 is 5.32 Å². The molecule has 6 heteroatoms. The Kier molecular flexibility index (Phi) is 5.55. The molecule has 0 aliphatic carbocycles. The van der Waals surface area contributed by atoms with Crippen molar-refractivity contribution in [2.75, 3.05) is 19.3 Å². The average Bonchev–Trinajstić information content (AvgIpc) is 2.79. The zero-order chi connectivity index (χ0) is 17.2. The van der Waals surface area contributed by atoms with Crippen molar-refractivity contribution in [2.24, 2.45) is 0 Å². The number of hydrogen-bond donors (Lipinski definition) is 1. The van der Waals surface area contributed by atoms with Crippen molar-refractivity contribution < 1.29 is 8.42 Å². The lowest BCUT2D eigenvalue weighted by Gasteiger charge is -2.14. The Morgan fingerprint density at radius 2 is 1.79 bits per heavy atom. The van der Waals surface area contributed by atoms with E-state index in [1.807, 2.05) is 18.2 Å². The molecule has 1 aliphatic heterocycles. The van der Waals surface area contributed by atoms with Crippen LogP contribution in [0.5, 0.6) is 0 Å². The predicted molar refractivity (Wildman–Crippen MR) is 101 cm³/mol. The van der Waals surface area contributed by atoms with Gasteiger partial charge in [0.15, 0.2) is 9.84 Å². The van der Waals surface area contributed by atoms with E-state index in [2.05, 4.69) is 11.4 Å². The molecule has 0 atom stereocenters. The van der Waals surface area contributed by atoms with Crippen LogP contribution >= 0.6 is 23.4 Å². The first kappa shape index (κ1) is 17.8. The summed E-state index contributed by atoms with van der Waals surface area (Å²) in [7, 11) is -3.14. The average molecular weight is 382 g/mol. The molecule has 1 N–H and O–H groups in total. The van der Waals surface area contributed by atoms with Crippen molar-refractivity contribution in [3.8, 4) is 0 Å². The summed E-state index contributed by atoms with van der Waals surface area (Å²) in [5.74, 6) is 0.771. The Morgan fingerprint density at radius 3 is 2.50 bits per heavy atom. The number of sulfone groups is 1. The normalized spacial score (nSPS) is 14.9. The first-order chi connectivity index (χ1) is 11.4. The molecule has 0 amide bonds. The van der Waals surface area contributed by atoms with Crippen LogP contribution in [0.15, 0.2) is 46.2 Å². The third kappa shape index (κ3) is 4.14. The zero-order valence-electron chi connectivity index (χ0n) is 13.5. The van der Waals surface area contributed by atoms with Crippen LogP contribution in [0, 0.1) is 0 Å². The molecule has 0 radical (unpaired) electrons. The van der Waals surface area contributed by atoms with Gasteiger partial charge in [0.2, 0.25) is 0 Å². The molecule has 0 spiro atoms. The van der Waals surface area contributed by atoms with Crippen LogP contribution in [-0.2, 0) is 28.4 Å². The molecule has 0 saturated carbocycles. The lowest BCUT2D eigenvalue weighted by atomic mass is 10.0. The van der Waals surface area contributed by atoms with Crippen LogP contribution in [0.2, 0.25) is 5.02 Å². The fourth-order valence-electron chi connectivity index (χ4n) is 2.85. The molecule has 0 bridgehead atoms. The maximum absolute atomic E-state index is 11.5. The van der Waals surface area contributed by atoms with Gasteiger partial charge >= 0.3 is 0 Å². The number of fused-ring (bicyclic) bond motifs is 1. The monoisotopic (exact) mass is 381 g/mol. The van der Waals surface area contributed by atoms with Crippen molar-refractivity contribution in [1.82, 2.24) is 5.32 Å². The highest BCUT2D eigenvalue weighted by Gasteiger charge is 2.15. The number of thioether (sulfide) groups is 1. The summed E-state index contributed by atoms with van der Waals surface area (Å²) in [6.45, 7) is 1.98. The fourth-order valence-corrected chi connectivity index (χ4v) is 4.94. The van der Waals surface area contributed by atoms with Crippen molar-refractivity contribution in [2.45, 2.75) is 28.4 Å². The Hall–Kier alpha value is -1.01. The van der Waals surface area contributed by atoms with Crippen LogP contribution in [0.3, 0.4) is 0 Å². The molecule has 3 rings (SSSR count). The van der Waals surface area contributed by atoms with E-state index >= 15 is 0 Å². The van der Waals surface area contributed by atoms with Crippen LogP contribution in [0.4, 0.5) is 0 Å². The van der Waals surface area contributed by atoms with Gasteiger partial charge in [0.1, 0.15) is 0 Å². The van der Waals surface area contributed by atoms with E-state index in [9.17, 15) is 8.42 Å². The summed E-state index contributed by atoms with van der Waals surface area (Å²) in [6.07, 6.45) is 3.25. The van der Waals surface area contributed by atoms with E-state index in [1.165, 1.54) is 17.4 Å². The van der Waals surface area contributed by atoms with Crippen molar-refractivity contribution in [3.63, 3.8) is 0 Å². The predicted octanol–water partition coefficient (Wildman–Crippen LogP) is 3.72. The standard InChI is InChI=1S/C18H20ClNO2S2/c1-24(21,22)15-5-2-13(3-6-15)12-23-18-16-9-11-20-10-8-14(16)4-7-17(18)19/h2-7,20H,8-12H2,1H3. The Morgan fingerprint density at radius 1 is 1.08 bits per heavy atom. The van der Waals surface area contributed by atoms with E-state index in [1.54, 1.807) is 23.9 Å². The molecule has 24 heavy (non-hydrogen) atoms. The van der Waals surface area contributed by atoms with Crippen molar-refractivity contribution >= 4 is 33.2 Å². The van der Waals surface area contributed by atoms with E-state index in [-0.39, 0.29) is 0 Å². The van der Waals surface area contributed by atoms with Gasteiger partial charge in [-0.3, -0.25) is 0 Å². The molecule has 2 aromatic rings. The molecule has 2 aromatic carbocycles. The van der Waals surface area contributed by atoms with Gasteiger partial charge in [-0.05, 0) is 60.8 Å². The number of nitrogens with one attached hydrogen (secondary N) is 1. The highest BCUT2D eigenvalue weighted by atomic mass is 35.5. The fraction of sp³-hybridized carbons (Fsp3) is 0.333. The van der Waals surface area contributed by atoms with E-state index in [0.29, 0.717) is 4.90 Å². The molecule has 1 aliphatic rings. The first-order valence-electron chi connectivity index (χ1n) is 7.88. The van der Waals surface area contributed by atoms with Crippen molar-refractivity contribution in [1.29, 1.82) is 0 Å². The molecule has 0 fully saturated rings. The number of halogens is 1. The lowest BCUT2D eigenvalue weighted by molar-refractivity contribution is 0.602. The second kappa shape index (κ2) is 7.48. The van der Waals surface area contributed by atoms with E-state index in [0.717, 1.165) is 47.2 Å². The van der Waals surface area contributed by atoms with Crippen molar-refractivity contribution in [3.05, 3.63) is 58.1 Å². The molecular formula is C18H20ClNO2S2. The minimum Gasteiger partial charge on any atom is -0.316 e. The minimum atomic E-state index is -3.14. The highest BCUT2D eigenvalue weighted by Crippen LogP contribution is 2.36. The Bertz CT molecular complexity index is 833. The summed E-state index contributed by atoms with van der Waals surface area (Å²) in [4.78, 5) is 1.51. The quantitative estimate of drug-likeness (QED) is 0.820. The third-order valence-corrected chi connectivity index (χ3v) is 6.96. The molecular weight excluding hydrogens is 362 g/mol. The zero-order valence-corrected chi connectivity index (χ0v) is 15.9. The maximum atomic E-state index is 11.5. The van der Waals surface area contributed by atoms with Gasteiger partial charge in [-0.15, -0.1) is 11.8 Å². The van der Waals surface area contributed by atoms with Gasteiger partial charge in [-0.2, -0.15) is 0 Å². The number of hydrogen-bond acceptors (Lipinski definition) is 4. The van der Waals surface area contributed by atoms with E-state index < -0.39 is 9.84 Å².